The Labute approximate surface area is 189 Å². The highest BCUT2D eigenvalue weighted by molar-refractivity contribution is 5.78. The first-order valence-corrected chi connectivity index (χ1v) is 11.7. The van der Waals surface area contributed by atoms with E-state index >= 15 is 0 Å². The molecule has 3 aromatic rings. The summed E-state index contributed by atoms with van der Waals surface area (Å²) in [5.74, 6) is 0.706. The number of rotatable bonds is 10. The average Bonchev–Trinajstić information content (AvgIpc) is 3.66. The van der Waals surface area contributed by atoms with Gasteiger partial charge in [0.15, 0.2) is 0 Å². The lowest BCUT2D eigenvalue weighted by Gasteiger charge is -2.30. The molecule has 1 heterocycles. The minimum absolute atomic E-state index is 0.0113. The van der Waals surface area contributed by atoms with Crippen molar-refractivity contribution >= 4 is 16.8 Å². The number of nitrogens with one attached hydrogen (secondary N) is 1. The molecule has 1 aliphatic carbocycles. The Morgan fingerprint density at radius 1 is 1.09 bits per heavy atom. The van der Waals surface area contributed by atoms with Crippen molar-refractivity contribution in [3.63, 3.8) is 0 Å². The number of carbonyl (C=O) groups is 1. The maximum Gasteiger partial charge on any atom is 0.261 e. The van der Waals surface area contributed by atoms with Crippen molar-refractivity contribution in [2.24, 2.45) is 0 Å². The van der Waals surface area contributed by atoms with Gasteiger partial charge in [-0.25, -0.2) is 4.98 Å². The number of hydrogen-bond acceptors (Lipinski definition) is 4. The number of likely N-dealkylation sites (N-methyl/N-ethyl adjacent to an activating group) is 1. The van der Waals surface area contributed by atoms with Crippen molar-refractivity contribution < 1.29 is 4.79 Å². The van der Waals surface area contributed by atoms with E-state index in [2.05, 4.69) is 36.2 Å². The van der Waals surface area contributed by atoms with Crippen LogP contribution in [0.15, 0.2) is 59.4 Å². The summed E-state index contributed by atoms with van der Waals surface area (Å²) >= 11 is 0. The molecule has 32 heavy (non-hydrogen) atoms. The zero-order valence-corrected chi connectivity index (χ0v) is 19.0. The minimum atomic E-state index is -0.0113. The number of aryl methyl sites for hydroxylation is 1. The molecule has 1 amide bonds. The molecule has 1 N–H and O–H groups in total. The summed E-state index contributed by atoms with van der Waals surface area (Å²) in [5, 5.41) is 3.77. The van der Waals surface area contributed by atoms with E-state index < -0.39 is 0 Å². The number of hydrogen-bond donors (Lipinski definition) is 1. The number of fused-ring (bicyclic) bond motifs is 1. The van der Waals surface area contributed by atoms with Crippen molar-refractivity contribution in [1.82, 2.24) is 19.8 Å². The third kappa shape index (κ3) is 4.91. The van der Waals surface area contributed by atoms with Crippen LogP contribution in [0, 0.1) is 0 Å². The smallest absolute Gasteiger partial charge is 0.261 e. The van der Waals surface area contributed by atoms with Crippen LogP contribution in [0.5, 0.6) is 0 Å². The molecule has 0 unspecified atom stereocenters. The van der Waals surface area contributed by atoms with Gasteiger partial charge in [0.05, 0.1) is 16.9 Å². The SMILES string of the molecule is CCN(CC)[C@@H](CNC(=O)CCc1nc2ccccc2c(=O)n1C1CC1)c1ccccc1. The summed E-state index contributed by atoms with van der Waals surface area (Å²) < 4.78 is 1.82. The Morgan fingerprint density at radius 3 is 2.47 bits per heavy atom. The molecular weight excluding hydrogens is 400 g/mol. The molecule has 6 nitrogen and oxygen atoms in total. The molecule has 0 bridgehead atoms. The van der Waals surface area contributed by atoms with Crippen molar-refractivity contribution in [2.45, 2.75) is 51.6 Å². The van der Waals surface area contributed by atoms with Gasteiger partial charge in [0.2, 0.25) is 5.91 Å². The van der Waals surface area contributed by atoms with Gasteiger partial charge in [-0.15, -0.1) is 0 Å². The summed E-state index contributed by atoms with van der Waals surface area (Å²) in [5.41, 5.74) is 1.92. The lowest BCUT2D eigenvalue weighted by atomic mass is 10.0. The second-order valence-electron chi connectivity index (χ2n) is 8.40. The number of para-hydroxylation sites is 1. The summed E-state index contributed by atoms with van der Waals surface area (Å²) in [4.78, 5) is 32.9. The molecule has 1 aliphatic rings. The Hall–Kier alpha value is -2.99. The normalized spacial score (nSPS) is 14.6. The van der Waals surface area contributed by atoms with E-state index in [0.29, 0.717) is 30.3 Å². The van der Waals surface area contributed by atoms with Crippen LogP contribution < -0.4 is 10.9 Å². The molecule has 0 saturated heterocycles. The first-order valence-electron chi connectivity index (χ1n) is 11.7. The van der Waals surface area contributed by atoms with E-state index in [9.17, 15) is 9.59 Å². The molecule has 168 valence electrons. The molecule has 0 spiro atoms. The van der Waals surface area contributed by atoms with Crippen molar-refractivity contribution in [3.05, 3.63) is 76.3 Å². The van der Waals surface area contributed by atoms with Gasteiger partial charge < -0.3 is 5.32 Å². The van der Waals surface area contributed by atoms with Gasteiger partial charge in [-0.2, -0.15) is 0 Å². The summed E-state index contributed by atoms with van der Waals surface area (Å²) in [6.45, 7) is 6.68. The highest BCUT2D eigenvalue weighted by Gasteiger charge is 2.28. The number of amides is 1. The number of benzene rings is 2. The summed E-state index contributed by atoms with van der Waals surface area (Å²) in [7, 11) is 0. The highest BCUT2D eigenvalue weighted by atomic mass is 16.1. The van der Waals surface area contributed by atoms with Gasteiger partial charge in [0.25, 0.3) is 5.56 Å². The summed E-state index contributed by atoms with van der Waals surface area (Å²) in [6.07, 6.45) is 2.78. The van der Waals surface area contributed by atoms with Crippen LogP contribution in [0.1, 0.15) is 56.6 Å². The number of aromatic nitrogens is 2. The zero-order chi connectivity index (χ0) is 22.5. The number of carbonyl (C=O) groups excluding carboxylic acids is 1. The topological polar surface area (TPSA) is 67.2 Å². The van der Waals surface area contributed by atoms with Crippen LogP contribution in [0.2, 0.25) is 0 Å². The van der Waals surface area contributed by atoms with Crippen molar-refractivity contribution in [3.8, 4) is 0 Å². The van der Waals surface area contributed by atoms with Crippen LogP contribution in [-0.2, 0) is 11.2 Å². The fourth-order valence-electron chi connectivity index (χ4n) is 4.40. The van der Waals surface area contributed by atoms with E-state index in [1.165, 1.54) is 5.56 Å². The lowest BCUT2D eigenvalue weighted by Crippen LogP contribution is -2.38. The third-order valence-electron chi connectivity index (χ3n) is 6.30. The van der Waals surface area contributed by atoms with Crippen molar-refractivity contribution in [1.29, 1.82) is 0 Å². The van der Waals surface area contributed by atoms with Crippen LogP contribution >= 0.6 is 0 Å². The van der Waals surface area contributed by atoms with Crippen LogP contribution in [0.4, 0.5) is 0 Å². The Balaban J connectivity index is 1.45. The molecule has 1 aromatic heterocycles. The standard InChI is InChI=1S/C26H32N4O2/c1-3-29(4-2)23(19-10-6-5-7-11-19)18-27-25(31)17-16-24-28-22-13-9-8-12-21(22)26(32)30(24)20-14-15-20/h5-13,20,23H,3-4,14-18H2,1-2H3,(H,27,31)/t23-/m0/s1. The predicted octanol–water partition coefficient (Wildman–Crippen LogP) is 3.86. The van der Waals surface area contributed by atoms with Crippen LogP contribution in [0.3, 0.4) is 0 Å². The van der Waals surface area contributed by atoms with Gasteiger partial charge in [0, 0.05) is 25.4 Å². The van der Waals surface area contributed by atoms with E-state index in [-0.39, 0.29) is 23.6 Å². The van der Waals surface area contributed by atoms with E-state index in [4.69, 9.17) is 4.98 Å². The minimum Gasteiger partial charge on any atom is -0.354 e. The first kappa shape index (κ1) is 22.2. The molecule has 1 fully saturated rings. The predicted molar refractivity (Wildman–Crippen MR) is 128 cm³/mol. The molecule has 0 radical (unpaired) electrons. The van der Waals surface area contributed by atoms with Crippen LogP contribution in [0.25, 0.3) is 10.9 Å². The Morgan fingerprint density at radius 2 is 1.78 bits per heavy atom. The molecule has 1 atom stereocenters. The molecule has 0 aliphatic heterocycles. The second kappa shape index (κ2) is 10.1. The van der Waals surface area contributed by atoms with Gasteiger partial charge in [-0.1, -0.05) is 56.3 Å². The first-order chi connectivity index (χ1) is 15.6. The fourth-order valence-corrected chi connectivity index (χ4v) is 4.40. The van der Waals surface area contributed by atoms with Crippen molar-refractivity contribution in [2.75, 3.05) is 19.6 Å². The second-order valence-corrected chi connectivity index (χ2v) is 8.40. The van der Waals surface area contributed by atoms with E-state index in [0.717, 1.165) is 31.8 Å². The van der Waals surface area contributed by atoms with Gasteiger partial charge in [-0.05, 0) is 43.6 Å². The molecule has 4 rings (SSSR count). The monoisotopic (exact) mass is 432 g/mol. The Bertz CT molecular complexity index is 1120. The third-order valence-corrected chi connectivity index (χ3v) is 6.30. The fraction of sp³-hybridized carbons (Fsp3) is 0.423. The lowest BCUT2D eigenvalue weighted by molar-refractivity contribution is -0.121. The van der Waals surface area contributed by atoms with Gasteiger partial charge >= 0.3 is 0 Å². The average molecular weight is 433 g/mol. The molecule has 6 heteroatoms. The Kier molecular flexibility index (Phi) is 7.00. The quantitative estimate of drug-likeness (QED) is 0.528. The van der Waals surface area contributed by atoms with E-state index in [1.807, 2.05) is 47.0 Å². The van der Waals surface area contributed by atoms with Gasteiger partial charge in [-0.3, -0.25) is 19.1 Å². The van der Waals surface area contributed by atoms with Crippen LogP contribution in [-0.4, -0.2) is 40.0 Å². The molecule has 1 saturated carbocycles. The largest absolute Gasteiger partial charge is 0.354 e. The summed E-state index contributed by atoms with van der Waals surface area (Å²) in [6, 6.07) is 18.1. The number of nitrogens with zero attached hydrogens (tertiary/aromatic N) is 3. The maximum atomic E-state index is 13.0. The zero-order valence-electron chi connectivity index (χ0n) is 19.0. The highest BCUT2D eigenvalue weighted by Crippen LogP contribution is 2.34. The maximum absolute atomic E-state index is 13.0. The molecule has 2 aromatic carbocycles. The van der Waals surface area contributed by atoms with E-state index in [1.54, 1.807) is 0 Å². The van der Waals surface area contributed by atoms with Gasteiger partial charge in [0.1, 0.15) is 5.82 Å². The molecular formula is C26H32N4O2.